The fourth-order valence-corrected chi connectivity index (χ4v) is 6.74. The van der Waals surface area contributed by atoms with Crippen molar-refractivity contribution >= 4 is 21.6 Å². The summed E-state index contributed by atoms with van der Waals surface area (Å²) in [5.41, 5.74) is 4.81. The summed E-state index contributed by atoms with van der Waals surface area (Å²) in [5, 5.41) is 1.48. The van der Waals surface area contributed by atoms with Crippen molar-refractivity contribution in [2.75, 3.05) is 0 Å². The maximum Gasteiger partial charge on any atom is 0.226 e. The minimum Gasteiger partial charge on any atom is -0.395 e. The van der Waals surface area contributed by atoms with Crippen LogP contribution in [-0.4, -0.2) is 16.4 Å². The van der Waals surface area contributed by atoms with Gasteiger partial charge in [0, 0.05) is 0 Å². The third-order valence-electron chi connectivity index (χ3n) is 3.80. The van der Waals surface area contributed by atoms with Crippen LogP contribution in [0.4, 0.5) is 0 Å². The Morgan fingerprint density at radius 1 is 1.16 bits per heavy atom. The second kappa shape index (κ2) is 5.28. The van der Waals surface area contributed by atoms with Gasteiger partial charge in [-0.15, -0.1) is 5.54 Å². The van der Waals surface area contributed by atoms with Gasteiger partial charge in [0.15, 0.2) is 0 Å². The monoisotopic (exact) mass is 288 g/mol. The molecule has 0 saturated carbocycles. The highest BCUT2D eigenvalue weighted by Gasteiger charge is 2.44. The molecule has 102 valence electrons. The first-order valence-corrected chi connectivity index (χ1v) is 13.0. The molecule has 1 aromatic carbocycles. The molecule has 1 aliphatic heterocycles. The maximum absolute atomic E-state index is 6.50. The van der Waals surface area contributed by atoms with E-state index in [1.807, 2.05) is 0 Å². The van der Waals surface area contributed by atoms with Crippen LogP contribution >= 0.6 is 0 Å². The normalized spacial score (nSPS) is 20.6. The predicted molar refractivity (Wildman–Crippen MR) is 87.7 cm³/mol. The van der Waals surface area contributed by atoms with Crippen LogP contribution in [0.3, 0.4) is 0 Å². The lowest BCUT2D eigenvalue weighted by atomic mass is 10.1. The molecule has 1 aromatic rings. The predicted octanol–water partition coefficient (Wildman–Crippen LogP) is 3.83. The number of rotatable bonds is 2. The summed E-state index contributed by atoms with van der Waals surface area (Å²) in [5.74, 6) is 3.43. The van der Waals surface area contributed by atoms with Crippen LogP contribution in [0, 0.1) is 11.5 Å². The summed E-state index contributed by atoms with van der Waals surface area (Å²) in [4.78, 5) is 0. The largest absolute Gasteiger partial charge is 0.395 e. The summed E-state index contributed by atoms with van der Waals surface area (Å²) in [6, 6.07) is 11.0. The molecule has 0 fully saturated rings. The molecule has 0 radical (unpaired) electrons. The molecule has 1 atom stereocenters. The van der Waals surface area contributed by atoms with Gasteiger partial charge >= 0.3 is 0 Å². The Bertz CT molecular complexity index is 516. The smallest absolute Gasteiger partial charge is 0.226 e. The second-order valence-corrected chi connectivity index (χ2v) is 15.2. The average Bonchev–Trinajstić information content (AvgIpc) is 2.71. The highest BCUT2D eigenvalue weighted by molar-refractivity contribution is 6.87. The van der Waals surface area contributed by atoms with Gasteiger partial charge in [0.1, 0.15) is 14.2 Å². The van der Waals surface area contributed by atoms with Crippen molar-refractivity contribution < 1.29 is 4.43 Å². The van der Waals surface area contributed by atoms with E-state index < -0.39 is 16.4 Å². The van der Waals surface area contributed by atoms with Crippen molar-refractivity contribution in [2.45, 2.75) is 51.7 Å². The maximum atomic E-state index is 6.50. The van der Waals surface area contributed by atoms with Gasteiger partial charge in [-0.1, -0.05) is 63.7 Å². The van der Waals surface area contributed by atoms with E-state index in [4.69, 9.17) is 4.43 Å². The van der Waals surface area contributed by atoms with Crippen LogP contribution in [0.2, 0.25) is 31.7 Å². The minimum absolute atomic E-state index is 0.0227. The standard InChI is InChI=1S/C16H24OSi2/c1-6-19(7-2)16-11-9-8-10-14(16)15(17-19)12-13-18(3,4)5/h8-11,15H,6-7H2,1-5H3. The molecule has 19 heavy (non-hydrogen) atoms. The van der Waals surface area contributed by atoms with Crippen molar-refractivity contribution in [3.8, 4) is 11.5 Å². The first-order chi connectivity index (χ1) is 8.92. The van der Waals surface area contributed by atoms with Crippen molar-refractivity contribution in [2.24, 2.45) is 0 Å². The summed E-state index contributed by atoms with van der Waals surface area (Å²) < 4.78 is 6.50. The average molecular weight is 289 g/mol. The Morgan fingerprint density at radius 2 is 1.79 bits per heavy atom. The van der Waals surface area contributed by atoms with E-state index in [9.17, 15) is 0 Å². The number of hydrogen-bond acceptors (Lipinski definition) is 1. The van der Waals surface area contributed by atoms with E-state index in [-0.39, 0.29) is 6.10 Å². The SMILES string of the molecule is CC[Si]1(CC)OC(C#C[Si](C)(C)C)c2ccccc21. The number of fused-ring (bicyclic) bond motifs is 1. The number of benzene rings is 1. The van der Waals surface area contributed by atoms with Gasteiger partial charge in [0.2, 0.25) is 8.32 Å². The van der Waals surface area contributed by atoms with Gasteiger partial charge in [-0.05, 0) is 22.8 Å². The van der Waals surface area contributed by atoms with Gasteiger partial charge in [0.05, 0.1) is 0 Å². The highest BCUT2D eigenvalue weighted by Crippen LogP contribution is 2.34. The zero-order valence-electron chi connectivity index (χ0n) is 12.7. The Kier molecular flexibility index (Phi) is 4.05. The molecule has 0 N–H and O–H groups in total. The Labute approximate surface area is 119 Å². The minimum atomic E-state index is -1.75. The van der Waals surface area contributed by atoms with E-state index in [1.54, 1.807) is 0 Å². The summed E-state index contributed by atoms with van der Waals surface area (Å²) >= 11 is 0. The number of hydrogen-bond donors (Lipinski definition) is 0. The zero-order chi connectivity index (χ0) is 14.1. The molecule has 0 amide bonds. The summed E-state index contributed by atoms with van der Waals surface area (Å²) in [6.45, 7) is 11.4. The van der Waals surface area contributed by atoms with Crippen molar-refractivity contribution in [1.29, 1.82) is 0 Å². The van der Waals surface area contributed by atoms with Crippen molar-refractivity contribution in [3.05, 3.63) is 29.8 Å². The first kappa shape index (κ1) is 14.6. The zero-order valence-corrected chi connectivity index (χ0v) is 14.7. The molecule has 0 saturated heterocycles. The Hall–Kier alpha value is -0.826. The Balaban J connectivity index is 2.43. The Morgan fingerprint density at radius 3 is 2.37 bits per heavy atom. The molecule has 1 aliphatic rings. The molecular weight excluding hydrogens is 264 g/mol. The van der Waals surface area contributed by atoms with Crippen molar-refractivity contribution in [1.82, 2.24) is 0 Å². The lowest BCUT2D eigenvalue weighted by Crippen LogP contribution is -2.45. The first-order valence-electron chi connectivity index (χ1n) is 7.22. The van der Waals surface area contributed by atoms with Crippen LogP contribution in [0.15, 0.2) is 24.3 Å². The second-order valence-electron chi connectivity index (χ2n) is 6.31. The van der Waals surface area contributed by atoms with E-state index in [2.05, 4.69) is 69.2 Å². The van der Waals surface area contributed by atoms with Crippen LogP contribution in [-0.2, 0) is 4.43 Å². The molecule has 0 bridgehead atoms. The molecular formula is C16H24OSi2. The van der Waals surface area contributed by atoms with Crippen LogP contribution < -0.4 is 5.19 Å². The van der Waals surface area contributed by atoms with Gasteiger partial charge in [-0.3, -0.25) is 0 Å². The molecule has 0 aliphatic carbocycles. The lowest BCUT2D eigenvalue weighted by molar-refractivity contribution is 0.271. The third-order valence-corrected chi connectivity index (χ3v) is 9.10. The van der Waals surface area contributed by atoms with Gasteiger partial charge in [-0.2, -0.15) is 0 Å². The van der Waals surface area contributed by atoms with Crippen molar-refractivity contribution in [3.63, 3.8) is 0 Å². The quantitative estimate of drug-likeness (QED) is 0.593. The van der Waals surface area contributed by atoms with E-state index >= 15 is 0 Å². The molecule has 1 nitrogen and oxygen atoms in total. The molecule has 0 aromatic heterocycles. The topological polar surface area (TPSA) is 9.23 Å². The van der Waals surface area contributed by atoms with E-state index in [0.717, 1.165) is 12.1 Å². The molecule has 3 heteroatoms. The highest BCUT2D eigenvalue weighted by atomic mass is 28.4. The van der Waals surface area contributed by atoms with E-state index in [0.29, 0.717) is 0 Å². The molecule has 0 spiro atoms. The van der Waals surface area contributed by atoms with Crippen LogP contribution in [0.1, 0.15) is 25.5 Å². The van der Waals surface area contributed by atoms with Crippen LogP contribution in [0.5, 0.6) is 0 Å². The fraction of sp³-hybridized carbons (Fsp3) is 0.500. The lowest BCUT2D eigenvalue weighted by Gasteiger charge is -2.24. The fourth-order valence-electron chi connectivity index (χ4n) is 2.68. The molecule has 2 rings (SSSR count). The molecule has 1 unspecified atom stereocenters. The van der Waals surface area contributed by atoms with Gasteiger partial charge in [0.25, 0.3) is 0 Å². The van der Waals surface area contributed by atoms with E-state index in [1.165, 1.54) is 10.8 Å². The van der Waals surface area contributed by atoms with Crippen LogP contribution in [0.25, 0.3) is 0 Å². The summed E-state index contributed by atoms with van der Waals surface area (Å²) in [7, 11) is -3.09. The molecule has 1 heterocycles. The van der Waals surface area contributed by atoms with Gasteiger partial charge in [-0.25, -0.2) is 0 Å². The van der Waals surface area contributed by atoms with Gasteiger partial charge < -0.3 is 4.43 Å². The summed E-state index contributed by atoms with van der Waals surface area (Å²) in [6.07, 6.45) is 0.0227. The third kappa shape index (κ3) is 2.86.